The van der Waals surface area contributed by atoms with Crippen LogP contribution in [-0.4, -0.2) is 35.2 Å². The lowest BCUT2D eigenvalue weighted by Crippen LogP contribution is -2.26. The smallest absolute Gasteiger partial charge is 0.323 e. The molecule has 3 aromatic rings. The van der Waals surface area contributed by atoms with Crippen molar-refractivity contribution in [2.45, 2.75) is 20.0 Å². The van der Waals surface area contributed by atoms with Gasteiger partial charge in [-0.25, -0.2) is 20.6 Å². The Labute approximate surface area is 193 Å². The van der Waals surface area contributed by atoms with Crippen molar-refractivity contribution < 1.29 is 14.3 Å². The van der Waals surface area contributed by atoms with Crippen molar-refractivity contribution in [1.29, 1.82) is 0 Å². The van der Waals surface area contributed by atoms with Crippen LogP contribution in [0.5, 0.6) is 5.88 Å². The Morgan fingerprint density at radius 2 is 2.03 bits per heavy atom. The Kier molecular flexibility index (Phi) is 7.30. The largest absolute Gasteiger partial charge is 0.479 e. The molecule has 0 aliphatic carbocycles. The van der Waals surface area contributed by atoms with Gasteiger partial charge in [-0.05, 0) is 19.9 Å². The second-order valence-corrected chi connectivity index (χ2v) is 8.12. The minimum atomic E-state index is -0.557. The minimum absolute atomic E-state index is 0.106. The van der Waals surface area contributed by atoms with Gasteiger partial charge in [0.2, 0.25) is 5.88 Å². The Morgan fingerprint density at radius 3 is 2.69 bits per heavy atom. The van der Waals surface area contributed by atoms with E-state index in [1.807, 2.05) is 13.8 Å². The number of aryl methyl sites for hydroxylation is 1. The Bertz CT molecular complexity index is 1170. The molecule has 0 fully saturated rings. The summed E-state index contributed by atoms with van der Waals surface area (Å²) in [6.07, 6.45) is 3.85. The lowest BCUT2D eigenvalue weighted by molar-refractivity contribution is 0.121. The molecule has 170 valence electrons. The topological polar surface area (TPSA) is 154 Å². The van der Waals surface area contributed by atoms with Crippen molar-refractivity contribution in [1.82, 2.24) is 15.0 Å². The molecule has 0 saturated carbocycles. The van der Waals surface area contributed by atoms with Crippen LogP contribution < -0.4 is 32.0 Å². The summed E-state index contributed by atoms with van der Waals surface area (Å²) in [5, 5.41) is 7.63. The van der Waals surface area contributed by atoms with Gasteiger partial charge in [0.1, 0.15) is 16.0 Å². The van der Waals surface area contributed by atoms with Crippen molar-refractivity contribution in [3.05, 3.63) is 40.3 Å². The second-order valence-electron chi connectivity index (χ2n) is 6.53. The van der Waals surface area contributed by atoms with Crippen molar-refractivity contribution in [2.24, 2.45) is 11.6 Å². The number of thiazole rings is 1. The zero-order valence-corrected chi connectivity index (χ0v) is 19.4. The zero-order valence-electron chi connectivity index (χ0n) is 17.8. The zero-order chi connectivity index (χ0) is 23.4. The number of amides is 2. The molecule has 32 heavy (non-hydrogen) atoms. The normalized spacial score (nSPS) is 12.2. The van der Waals surface area contributed by atoms with E-state index < -0.39 is 6.03 Å². The number of nitrogens with one attached hydrogen (secondary N) is 2. The summed E-state index contributed by atoms with van der Waals surface area (Å²) in [5.41, 5.74) is 7.46. The molecular formula is C19H23ClN8O3S. The van der Waals surface area contributed by atoms with Crippen LogP contribution in [0, 0.1) is 6.92 Å². The highest BCUT2D eigenvalue weighted by atomic mass is 35.5. The lowest BCUT2D eigenvalue weighted by atomic mass is 10.1. The van der Waals surface area contributed by atoms with Gasteiger partial charge in [-0.1, -0.05) is 22.9 Å². The standard InChI is InChI=1S/C19H23ClN8O3S/c1-9(30-3)14-13(8-23-18-15(14)24-10(2)32-18)26-19(29)25-12-7-11(20)16(27-17(12)31-4)28(22)6-5-21/h5-9H,21-22H2,1-4H3,(H2,25,26,29)/b6-5-. The fraction of sp³-hybridized carbons (Fsp3) is 0.263. The fourth-order valence-corrected chi connectivity index (χ4v) is 3.98. The predicted molar refractivity (Wildman–Crippen MR) is 126 cm³/mol. The predicted octanol–water partition coefficient (Wildman–Crippen LogP) is 3.52. The second kappa shape index (κ2) is 9.96. The number of nitrogens with two attached hydrogens (primary N) is 2. The summed E-state index contributed by atoms with van der Waals surface area (Å²) in [6.45, 7) is 3.76. The van der Waals surface area contributed by atoms with E-state index in [2.05, 4.69) is 25.6 Å². The van der Waals surface area contributed by atoms with Crippen LogP contribution in [-0.2, 0) is 4.74 Å². The SMILES string of the molecule is COc1nc(N(N)/C=C\N)c(Cl)cc1NC(=O)Nc1cnc2sc(C)nc2c1C(C)OC. The van der Waals surface area contributed by atoms with Gasteiger partial charge < -0.3 is 25.8 Å². The maximum Gasteiger partial charge on any atom is 0.323 e. The van der Waals surface area contributed by atoms with Crippen LogP contribution in [0.3, 0.4) is 0 Å². The number of pyridine rings is 2. The summed E-state index contributed by atoms with van der Waals surface area (Å²) < 4.78 is 10.8. The first-order chi connectivity index (χ1) is 15.3. The monoisotopic (exact) mass is 478 g/mol. The maximum absolute atomic E-state index is 12.8. The van der Waals surface area contributed by atoms with E-state index in [0.29, 0.717) is 11.2 Å². The molecule has 3 rings (SSSR count). The average Bonchev–Trinajstić information content (AvgIpc) is 3.13. The number of urea groups is 1. The highest BCUT2D eigenvalue weighted by Crippen LogP contribution is 2.35. The molecule has 6 N–H and O–H groups in total. The number of nitrogens with zero attached hydrogens (tertiary/aromatic N) is 4. The molecule has 3 aromatic heterocycles. The highest BCUT2D eigenvalue weighted by molar-refractivity contribution is 7.18. The number of hydrazine groups is 1. The summed E-state index contributed by atoms with van der Waals surface area (Å²) in [6, 6.07) is 0.911. The van der Waals surface area contributed by atoms with Crippen molar-refractivity contribution in [3.63, 3.8) is 0 Å². The first-order valence-electron chi connectivity index (χ1n) is 9.32. The summed E-state index contributed by atoms with van der Waals surface area (Å²) >= 11 is 7.73. The molecule has 3 heterocycles. The van der Waals surface area contributed by atoms with Crippen LogP contribution in [0.2, 0.25) is 5.02 Å². The number of fused-ring (bicyclic) bond motifs is 1. The number of carbonyl (C=O) groups excluding carboxylic acids is 1. The van der Waals surface area contributed by atoms with E-state index in [0.717, 1.165) is 20.4 Å². The maximum atomic E-state index is 12.8. The van der Waals surface area contributed by atoms with Gasteiger partial charge in [0.05, 0.1) is 35.1 Å². The quantitative estimate of drug-likeness (QED) is 0.295. The van der Waals surface area contributed by atoms with Crippen LogP contribution in [0.15, 0.2) is 24.7 Å². The Hall–Kier alpha value is -3.19. The third kappa shape index (κ3) is 4.83. The van der Waals surface area contributed by atoms with Crippen LogP contribution in [0.1, 0.15) is 23.6 Å². The first kappa shape index (κ1) is 23.5. The van der Waals surface area contributed by atoms with Crippen LogP contribution in [0.25, 0.3) is 10.3 Å². The molecule has 0 radical (unpaired) electrons. The van der Waals surface area contributed by atoms with Gasteiger partial charge in [-0.3, -0.25) is 5.01 Å². The van der Waals surface area contributed by atoms with Gasteiger partial charge in [-0.2, -0.15) is 4.98 Å². The Morgan fingerprint density at radius 1 is 1.31 bits per heavy atom. The molecule has 1 atom stereocenters. The van der Waals surface area contributed by atoms with Crippen molar-refractivity contribution in [2.75, 3.05) is 29.9 Å². The number of hydrogen-bond acceptors (Lipinski definition) is 10. The van der Waals surface area contributed by atoms with Gasteiger partial charge in [0.25, 0.3) is 0 Å². The number of aromatic nitrogens is 3. The molecule has 0 spiro atoms. The van der Waals surface area contributed by atoms with Crippen molar-refractivity contribution >= 4 is 56.5 Å². The molecule has 0 aliphatic rings. The van der Waals surface area contributed by atoms with E-state index >= 15 is 0 Å². The van der Waals surface area contributed by atoms with Gasteiger partial charge in [0, 0.05) is 25.1 Å². The average molecular weight is 479 g/mol. The molecule has 2 amide bonds. The summed E-state index contributed by atoms with van der Waals surface area (Å²) in [7, 11) is 2.99. The van der Waals surface area contributed by atoms with Crippen LogP contribution >= 0.6 is 22.9 Å². The molecular weight excluding hydrogens is 456 g/mol. The molecule has 0 saturated heterocycles. The number of carbonyl (C=O) groups is 1. The fourth-order valence-electron chi connectivity index (χ4n) is 2.96. The van der Waals surface area contributed by atoms with E-state index in [-0.39, 0.29) is 28.5 Å². The van der Waals surface area contributed by atoms with Gasteiger partial charge in [0.15, 0.2) is 5.82 Å². The van der Waals surface area contributed by atoms with E-state index in [9.17, 15) is 4.79 Å². The highest BCUT2D eigenvalue weighted by Gasteiger charge is 2.21. The molecule has 13 heteroatoms. The number of halogens is 1. The van der Waals surface area contributed by atoms with Gasteiger partial charge >= 0.3 is 6.03 Å². The third-order valence-electron chi connectivity index (χ3n) is 4.44. The Balaban J connectivity index is 1.90. The number of methoxy groups -OCH3 is 2. The first-order valence-corrected chi connectivity index (χ1v) is 10.5. The number of anilines is 3. The summed E-state index contributed by atoms with van der Waals surface area (Å²) in [4.78, 5) is 26.7. The lowest BCUT2D eigenvalue weighted by Gasteiger charge is -2.18. The summed E-state index contributed by atoms with van der Waals surface area (Å²) in [5.74, 6) is 6.13. The molecule has 11 nitrogen and oxygen atoms in total. The minimum Gasteiger partial charge on any atom is -0.479 e. The number of ether oxygens (including phenoxy) is 2. The number of rotatable bonds is 7. The molecule has 0 bridgehead atoms. The van der Waals surface area contributed by atoms with E-state index in [1.165, 1.54) is 36.9 Å². The van der Waals surface area contributed by atoms with E-state index in [4.69, 9.17) is 32.7 Å². The molecule has 1 unspecified atom stereocenters. The van der Waals surface area contributed by atoms with E-state index in [1.54, 1.807) is 13.3 Å². The van der Waals surface area contributed by atoms with Crippen LogP contribution in [0.4, 0.5) is 22.0 Å². The number of hydrogen-bond donors (Lipinski definition) is 4. The molecule has 0 aliphatic heterocycles. The van der Waals surface area contributed by atoms with Gasteiger partial charge in [-0.15, -0.1) is 0 Å². The molecule has 0 aromatic carbocycles. The van der Waals surface area contributed by atoms with Crippen molar-refractivity contribution in [3.8, 4) is 5.88 Å². The third-order valence-corrected chi connectivity index (χ3v) is 5.59.